The smallest absolute Gasteiger partial charge is 0.253 e. The van der Waals surface area contributed by atoms with Crippen molar-refractivity contribution in [2.24, 2.45) is 5.92 Å². The van der Waals surface area contributed by atoms with Crippen molar-refractivity contribution < 1.29 is 9.59 Å². The maximum Gasteiger partial charge on any atom is 0.253 e. The number of carbonyl (C=O) groups is 2. The highest BCUT2D eigenvalue weighted by Crippen LogP contribution is 2.21. The van der Waals surface area contributed by atoms with E-state index in [0.29, 0.717) is 29.6 Å². The van der Waals surface area contributed by atoms with Crippen molar-refractivity contribution in [3.05, 3.63) is 29.8 Å². The fourth-order valence-electron chi connectivity index (χ4n) is 1.85. The van der Waals surface area contributed by atoms with Crippen LogP contribution >= 0.6 is 0 Å². The molecule has 2 amide bonds. The molecule has 1 fully saturated rings. The van der Waals surface area contributed by atoms with Gasteiger partial charge in [0, 0.05) is 12.5 Å². The lowest BCUT2D eigenvalue weighted by Gasteiger charge is -2.12. The lowest BCUT2D eigenvalue weighted by Crippen LogP contribution is -2.27. The van der Waals surface area contributed by atoms with Crippen LogP contribution in [-0.2, 0) is 4.79 Å². The minimum absolute atomic E-state index is 0.0540. The summed E-state index contributed by atoms with van der Waals surface area (Å²) >= 11 is 0. The van der Waals surface area contributed by atoms with E-state index < -0.39 is 0 Å². The second kappa shape index (κ2) is 5.87. The largest absolute Gasteiger partial charge is 0.349 e. The number of anilines is 1. The third-order valence-electron chi connectivity index (χ3n) is 2.95. The second-order valence-corrected chi connectivity index (χ2v) is 5.44. The van der Waals surface area contributed by atoms with Crippen molar-refractivity contribution in [3.63, 3.8) is 0 Å². The van der Waals surface area contributed by atoms with Gasteiger partial charge in [0.2, 0.25) is 5.91 Å². The molecule has 0 bridgehead atoms. The molecule has 1 aliphatic carbocycles. The zero-order valence-electron chi connectivity index (χ0n) is 11.4. The average Bonchev–Trinajstić information content (AvgIpc) is 3.12. The van der Waals surface area contributed by atoms with Crippen LogP contribution in [0, 0.1) is 5.92 Å². The first kappa shape index (κ1) is 13.6. The van der Waals surface area contributed by atoms with E-state index in [1.807, 2.05) is 19.9 Å². The zero-order valence-corrected chi connectivity index (χ0v) is 11.4. The third kappa shape index (κ3) is 4.09. The fourth-order valence-corrected chi connectivity index (χ4v) is 1.85. The Morgan fingerprint density at radius 1 is 1.26 bits per heavy atom. The average molecular weight is 260 g/mol. The summed E-state index contributed by atoms with van der Waals surface area (Å²) in [5, 5.41) is 5.75. The Morgan fingerprint density at radius 2 is 1.95 bits per heavy atom. The maximum absolute atomic E-state index is 12.1. The van der Waals surface area contributed by atoms with E-state index in [0.717, 1.165) is 12.8 Å². The van der Waals surface area contributed by atoms with Crippen LogP contribution in [0.15, 0.2) is 24.3 Å². The Labute approximate surface area is 113 Å². The van der Waals surface area contributed by atoms with Crippen LogP contribution in [0.4, 0.5) is 5.69 Å². The highest BCUT2D eigenvalue weighted by atomic mass is 16.2. The molecule has 0 aromatic heterocycles. The maximum atomic E-state index is 12.1. The van der Waals surface area contributed by atoms with Gasteiger partial charge in [-0.2, -0.15) is 0 Å². The van der Waals surface area contributed by atoms with Gasteiger partial charge in [-0.1, -0.05) is 26.0 Å². The Balaban J connectivity index is 2.06. The zero-order chi connectivity index (χ0) is 13.8. The van der Waals surface area contributed by atoms with Gasteiger partial charge < -0.3 is 10.6 Å². The van der Waals surface area contributed by atoms with Gasteiger partial charge in [-0.25, -0.2) is 0 Å². The number of hydrogen-bond acceptors (Lipinski definition) is 2. The summed E-state index contributed by atoms with van der Waals surface area (Å²) in [6.45, 7) is 3.98. The minimum Gasteiger partial charge on any atom is -0.349 e. The van der Waals surface area contributed by atoms with Gasteiger partial charge >= 0.3 is 0 Å². The van der Waals surface area contributed by atoms with Crippen molar-refractivity contribution in [2.45, 2.75) is 39.2 Å². The number of para-hydroxylation sites is 1. The predicted molar refractivity (Wildman–Crippen MR) is 75.0 cm³/mol. The predicted octanol–water partition coefficient (Wildman–Crippen LogP) is 2.56. The minimum atomic E-state index is -0.108. The summed E-state index contributed by atoms with van der Waals surface area (Å²) in [5.74, 6) is 0.136. The van der Waals surface area contributed by atoms with Gasteiger partial charge in [-0.15, -0.1) is 0 Å². The molecule has 0 unspecified atom stereocenters. The van der Waals surface area contributed by atoms with Gasteiger partial charge in [0.05, 0.1) is 11.3 Å². The third-order valence-corrected chi connectivity index (χ3v) is 2.95. The van der Waals surface area contributed by atoms with E-state index >= 15 is 0 Å². The Morgan fingerprint density at radius 3 is 2.58 bits per heavy atom. The highest BCUT2D eigenvalue weighted by molar-refractivity contribution is 6.03. The van der Waals surface area contributed by atoms with Crippen molar-refractivity contribution in [1.82, 2.24) is 5.32 Å². The fraction of sp³-hybridized carbons (Fsp3) is 0.467. The van der Waals surface area contributed by atoms with E-state index in [1.165, 1.54) is 0 Å². The summed E-state index contributed by atoms with van der Waals surface area (Å²) in [7, 11) is 0. The van der Waals surface area contributed by atoms with E-state index in [4.69, 9.17) is 0 Å². The molecular formula is C15H20N2O2. The van der Waals surface area contributed by atoms with E-state index in [2.05, 4.69) is 10.6 Å². The first-order chi connectivity index (χ1) is 9.06. The normalized spacial score (nSPS) is 14.3. The molecule has 1 saturated carbocycles. The van der Waals surface area contributed by atoms with Gasteiger partial charge in [0.1, 0.15) is 0 Å². The number of benzene rings is 1. The van der Waals surface area contributed by atoms with Gasteiger partial charge in [-0.3, -0.25) is 9.59 Å². The molecule has 0 spiro atoms. The van der Waals surface area contributed by atoms with Crippen LogP contribution in [0.25, 0.3) is 0 Å². The van der Waals surface area contributed by atoms with E-state index in [9.17, 15) is 9.59 Å². The molecular weight excluding hydrogens is 240 g/mol. The van der Waals surface area contributed by atoms with Crippen molar-refractivity contribution in [3.8, 4) is 0 Å². The molecule has 1 aliphatic rings. The lowest BCUT2D eigenvalue weighted by atomic mass is 10.1. The molecule has 2 N–H and O–H groups in total. The van der Waals surface area contributed by atoms with Crippen LogP contribution in [0.2, 0.25) is 0 Å². The van der Waals surface area contributed by atoms with Crippen molar-refractivity contribution in [2.75, 3.05) is 5.32 Å². The van der Waals surface area contributed by atoms with Gasteiger partial charge in [-0.05, 0) is 30.9 Å². The summed E-state index contributed by atoms with van der Waals surface area (Å²) in [6.07, 6.45) is 2.56. The molecule has 19 heavy (non-hydrogen) atoms. The molecule has 102 valence electrons. The summed E-state index contributed by atoms with van der Waals surface area (Å²) in [5.41, 5.74) is 1.12. The number of amides is 2. The van der Waals surface area contributed by atoms with Crippen LogP contribution in [0.5, 0.6) is 0 Å². The van der Waals surface area contributed by atoms with Crippen molar-refractivity contribution >= 4 is 17.5 Å². The number of nitrogens with one attached hydrogen (secondary N) is 2. The van der Waals surface area contributed by atoms with Gasteiger partial charge in [0.25, 0.3) is 5.91 Å². The first-order valence-electron chi connectivity index (χ1n) is 6.76. The quantitative estimate of drug-likeness (QED) is 0.854. The number of hydrogen-bond donors (Lipinski definition) is 2. The molecule has 1 aromatic carbocycles. The lowest BCUT2D eigenvalue weighted by molar-refractivity contribution is -0.116. The number of rotatable bonds is 5. The molecule has 0 heterocycles. The van der Waals surface area contributed by atoms with Crippen molar-refractivity contribution in [1.29, 1.82) is 0 Å². The SMILES string of the molecule is CC(C)CC(=O)Nc1ccccc1C(=O)NC1CC1. The van der Waals surface area contributed by atoms with Crippen LogP contribution in [0.3, 0.4) is 0 Å². The van der Waals surface area contributed by atoms with E-state index in [-0.39, 0.29) is 11.8 Å². The molecule has 0 radical (unpaired) electrons. The molecule has 4 heteroatoms. The molecule has 0 aliphatic heterocycles. The van der Waals surface area contributed by atoms with Crippen LogP contribution < -0.4 is 10.6 Å². The summed E-state index contributed by atoms with van der Waals surface area (Å²) < 4.78 is 0. The summed E-state index contributed by atoms with van der Waals surface area (Å²) in [4.78, 5) is 23.8. The van der Waals surface area contributed by atoms with Crippen LogP contribution in [0.1, 0.15) is 43.5 Å². The molecule has 1 aromatic rings. The topological polar surface area (TPSA) is 58.2 Å². The van der Waals surface area contributed by atoms with Gasteiger partial charge in [0.15, 0.2) is 0 Å². The Hall–Kier alpha value is -1.84. The highest BCUT2D eigenvalue weighted by Gasteiger charge is 2.24. The molecule has 0 saturated heterocycles. The van der Waals surface area contributed by atoms with Crippen LogP contribution in [-0.4, -0.2) is 17.9 Å². The standard InChI is InChI=1S/C15H20N2O2/c1-10(2)9-14(18)17-13-6-4-3-5-12(13)15(19)16-11-7-8-11/h3-6,10-11H,7-9H2,1-2H3,(H,16,19)(H,17,18). The monoisotopic (exact) mass is 260 g/mol. The Kier molecular flexibility index (Phi) is 4.20. The molecule has 0 atom stereocenters. The molecule has 2 rings (SSSR count). The number of carbonyl (C=O) groups excluding carboxylic acids is 2. The first-order valence-corrected chi connectivity index (χ1v) is 6.76. The Bertz CT molecular complexity index is 479. The van der Waals surface area contributed by atoms with E-state index in [1.54, 1.807) is 18.2 Å². The second-order valence-electron chi connectivity index (χ2n) is 5.44. The summed E-state index contributed by atoms with van der Waals surface area (Å²) in [6, 6.07) is 7.44. The molecule has 4 nitrogen and oxygen atoms in total.